The van der Waals surface area contributed by atoms with Crippen LogP contribution in [0.25, 0.3) is 10.9 Å². The van der Waals surface area contributed by atoms with E-state index in [9.17, 15) is 14.4 Å². The van der Waals surface area contributed by atoms with Crippen molar-refractivity contribution in [3.8, 4) is 0 Å². The summed E-state index contributed by atoms with van der Waals surface area (Å²) in [5.41, 5.74) is 1.58. The average molecular weight is 512 g/mol. The fraction of sp³-hybridized carbons (Fsp3) is 0.633. The summed E-state index contributed by atoms with van der Waals surface area (Å²) in [5.74, 6) is -1.19. The van der Waals surface area contributed by atoms with Crippen LogP contribution in [0.1, 0.15) is 85.1 Å². The molecule has 2 N–H and O–H groups in total. The number of ether oxygens (including phenoxy) is 1. The number of esters is 1. The third kappa shape index (κ3) is 8.90. The lowest BCUT2D eigenvalue weighted by atomic mass is 9.92. The van der Waals surface area contributed by atoms with Gasteiger partial charge in [0.15, 0.2) is 0 Å². The van der Waals surface area contributed by atoms with Crippen LogP contribution in [0.4, 0.5) is 0 Å². The molecule has 2 unspecified atom stereocenters. The lowest BCUT2D eigenvalue weighted by molar-refractivity contribution is -0.157. The number of amides is 2. The highest BCUT2D eigenvalue weighted by Gasteiger charge is 2.30. The fourth-order valence-electron chi connectivity index (χ4n) is 5.10. The molecule has 3 rings (SSSR count). The highest BCUT2D eigenvalue weighted by molar-refractivity contribution is 5.91. The Morgan fingerprint density at radius 1 is 1.11 bits per heavy atom. The molecule has 1 aromatic heterocycles. The van der Waals surface area contributed by atoms with Crippen LogP contribution < -0.4 is 10.6 Å². The Hall–Kier alpha value is -2.83. The minimum Gasteiger partial charge on any atom is -0.460 e. The van der Waals surface area contributed by atoms with Gasteiger partial charge in [-0.3, -0.25) is 14.4 Å². The fourth-order valence-corrected chi connectivity index (χ4v) is 5.10. The number of nitrogens with one attached hydrogen (secondary N) is 2. The van der Waals surface area contributed by atoms with Gasteiger partial charge in [-0.15, -0.1) is 0 Å². The van der Waals surface area contributed by atoms with E-state index in [0.29, 0.717) is 19.4 Å². The summed E-state index contributed by atoms with van der Waals surface area (Å²) in [5, 5.41) is 7.17. The number of hydrogen-bond acceptors (Lipinski definition) is 4. The van der Waals surface area contributed by atoms with Crippen LogP contribution >= 0.6 is 0 Å². The maximum Gasteiger partial charge on any atom is 0.307 e. The highest BCUT2D eigenvalue weighted by Crippen LogP contribution is 2.25. The Morgan fingerprint density at radius 2 is 1.81 bits per heavy atom. The molecule has 0 spiro atoms. The first-order valence-electron chi connectivity index (χ1n) is 13.9. The zero-order valence-corrected chi connectivity index (χ0v) is 23.3. The van der Waals surface area contributed by atoms with E-state index in [2.05, 4.69) is 33.5 Å². The normalized spacial score (nSPS) is 18.6. The number of aryl methyl sites for hydroxylation is 1. The van der Waals surface area contributed by atoms with Gasteiger partial charge in [-0.25, -0.2) is 0 Å². The van der Waals surface area contributed by atoms with E-state index in [-0.39, 0.29) is 24.2 Å². The highest BCUT2D eigenvalue weighted by atomic mass is 16.6. The quantitative estimate of drug-likeness (QED) is 0.526. The molecule has 1 aromatic carbocycles. The average Bonchev–Trinajstić information content (AvgIpc) is 3.15. The number of fused-ring (bicyclic) bond motifs is 5. The zero-order chi connectivity index (χ0) is 27.0. The summed E-state index contributed by atoms with van der Waals surface area (Å²) in [6, 6.07) is 7.53. The minimum atomic E-state index is -0.719. The summed E-state index contributed by atoms with van der Waals surface area (Å²) < 4.78 is 7.77. The van der Waals surface area contributed by atoms with Gasteiger partial charge in [-0.05, 0) is 57.6 Å². The van der Waals surface area contributed by atoms with Crippen LogP contribution in [0, 0.1) is 11.8 Å². The molecular formula is C30H45N3O4. The van der Waals surface area contributed by atoms with Crippen molar-refractivity contribution in [2.24, 2.45) is 11.8 Å². The van der Waals surface area contributed by atoms with Crippen LogP contribution in [0.5, 0.6) is 0 Å². The van der Waals surface area contributed by atoms with Crippen molar-refractivity contribution < 1.29 is 19.1 Å². The number of rotatable bonds is 6. The van der Waals surface area contributed by atoms with Crippen molar-refractivity contribution in [2.75, 3.05) is 6.54 Å². The second-order valence-corrected chi connectivity index (χ2v) is 11.8. The van der Waals surface area contributed by atoms with Crippen LogP contribution in [-0.4, -0.2) is 40.5 Å². The summed E-state index contributed by atoms with van der Waals surface area (Å²) in [4.78, 5) is 39.4. The molecule has 37 heavy (non-hydrogen) atoms. The van der Waals surface area contributed by atoms with Gasteiger partial charge in [0.05, 0.1) is 6.42 Å². The summed E-state index contributed by atoms with van der Waals surface area (Å²) in [6.07, 6.45) is 8.49. The van der Waals surface area contributed by atoms with E-state index in [1.165, 1.54) is 6.42 Å². The molecule has 0 fully saturated rings. The van der Waals surface area contributed by atoms with Gasteiger partial charge in [-0.1, -0.05) is 51.3 Å². The summed E-state index contributed by atoms with van der Waals surface area (Å²) >= 11 is 0. The molecule has 2 aromatic rings. The Labute approximate surface area is 221 Å². The zero-order valence-electron chi connectivity index (χ0n) is 23.3. The predicted octanol–water partition coefficient (Wildman–Crippen LogP) is 5.14. The van der Waals surface area contributed by atoms with Crippen molar-refractivity contribution >= 4 is 28.7 Å². The number of carbonyl (C=O) groups excluding carboxylic acids is 3. The molecule has 2 amide bonds. The number of para-hydroxylation sites is 1. The molecule has 1 aliphatic rings. The third-order valence-electron chi connectivity index (χ3n) is 6.76. The van der Waals surface area contributed by atoms with E-state index in [1.54, 1.807) is 0 Å². The summed E-state index contributed by atoms with van der Waals surface area (Å²) in [6.45, 7) is 11.0. The molecule has 0 aliphatic carbocycles. The molecule has 0 saturated carbocycles. The molecule has 7 heteroatoms. The van der Waals surface area contributed by atoms with Gasteiger partial charge >= 0.3 is 5.97 Å². The maximum atomic E-state index is 13.5. The van der Waals surface area contributed by atoms with Gasteiger partial charge in [0.25, 0.3) is 0 Å². The molecule has 0 saturated heterocycles. The molecular weight excluding hydrogens is 466 g/mol. The van der Waals surface area contributed by atoms with E-state index in [4.69, 9.17) is 4.74 Å². The topological polar surface area (TPSA) is 89.4 Å². The van der Waals surface area contributed by atoms with Crippen LogP contribution in [-0.2, 0) is 32.1 Å². The Kier molecular flexibility index (Phi) is 10.2. The number of benzene rings is 1. The molecule has 2 bridgehead atoms. The second-order valence-electron chi connectivity index (χ2n) is 11.8. The summed E-state index contributed by atoms with van der Waals surface area (Å²) in [7, 11) is 0. The first-order valence-corrected chi connectivity index (χ1v) is 13.9. The van der Waals surface area contributed by atoms with E-state index < -0.39 is 23.5 Å². The Bertz CT molecular complexity index is 1070. The Balaban J connectivity index is 1.85. The van der Waals surface area contributed by atoms with Crippen molar-refractivity contribution in [2.45, 2.75) is 104 Å². The molecule has 1 aliphatic heterocycles. The standard InChI is InChI=1S/C30H45N3O4/c1-21(2)17-22(19-27(34)37-30(3,4)5)28(35)32-25-18-23-20-33(26-14-10-9-13-24(23)26)16-12-8-6-7-11-15-31-29(25)36/h9-10,13-14,20-22,25H,6-8,11-12,15-19H2,1-5H3,(H,31,36)(H,32,35). The van der Waals surface area contributed by atoms with Crippen molar-refractivity contribution in [1.29, 1.82) is 0 Å². The van der Waals surface area contributed by atoms with Crippen LogP contribution in [0.15, 0.2) is 30.5 Å². The largest absolute Gasteiger partial charge is 0.460 e. The van der Waals surface area contributed by atoms with Crippen molar-refractivity contribution in [3.63, 3.8) is 0 Å². The molecule has 7 nitrogen and oxygen atoms in total. The maximum absolute atomic E-state index is 13.5. The number of carbonyl (C=O) groups is 3. The van der Waals surface area contributed by atoms with Gasteiger partial charge in [-0.2, -0.15) is 0 Å². The number of hydrogen-bond donors (Lipinski definition) is 2. The lowest BCUT2D eigenvalue weighted by Crippen LogP contribution is -2.50. The van der Waals surface area contributed by atoms with E-state index >= 15 is 0 Å². The van der Waals surface area contributed by atoms with Crippen molar-refractivity contribution in [1.82, 2.24) is 15.2 Å². The van der Waals surface area contributed by atoms with Crippen molar-refractivity contribution in [3.05, 3.63) is 36.0 Å². The minimum absolute atomic E-state index is 0.00503. The van der Waals surface area contributed by atoms with Gasteiger partial charge in [0.1, 0.15) is 11.6 Å². The second kappa shape index (κ2) is 13.1. The van der Waals surface area contributed by atoms with Crippen LogP contribution in [0.2, 0.25) is 0 Å². The number of aromatic nitrogens is 1. The molecule has 2 heterocycles. The van der Waals surface area contributed by atoms with Gasteiger partial charge in [0, 0.05) is 42.5 Å². The van der Waals surface area contributed by atoms with E-state index in [0.717, 1.165) is 48.7 Å². The third-order valence-corrected chi connectivity index (χ3v) is 6.76. The van der Waals surface area contributed by atoms with Gasteiger partial charge in [0.2, 0.25) is 11.8 Å². The molecule has 204 valence electrons. The van der Waals surface area contributed by atoms with Gasteiger partial charge < -0.3 is 19.9 Å². The first kappa shape index (κ1) is 28.7. The monoisotopic (exact) mass is 511 g/mol. The molecule has 0 radical (unpaired) electrons. The lowest BCUT2D eigenvalue weighted by Gasteiger charge is -2.25. The molecule has 2 atom stereocenters. The van der Waals surface area contributed by atoms with E-state index in [1.807, 2.05) is 46.8 Å². The Morgan fingerprint density at radius 3 is 2.54 bits per heavy atom. The SMILES string of the molecule is CC(C)CC(CC(=O)OC(C)(C)C)C(=O)NC1Cc2cn(c3ccccc23)CCCCCCCNC1=O. The number of nitrogens with zero attached hydrogens (tertiary/aromatic N) is 1. The first-order chi connectivity index (χ1) is 17.5. The smallest absolute Gasteiger partial charge is 0.307 e. The van der Waals surface area contributed by atoms with Crippen LogP contribution in [0.3, 0.4) is 0 Å². The predicted molar refractivity (Wildman–Crippen MR) is 147 cm³/mol.